The number of hydrogen-bond donors (Lipinski definition) is 2. The Balaban J connectivity index is 1.19. The molecule has 3 aliphatic rings. The number of rotatable bonds is 11. The molecule has 0 radical (unpaired) electrons. The molecule has 6 rings (SSSR count). The molecule has 3 aromatic rings. The fourth-order valence-corrected chi connectivity index (χ4v) is 9.00. The van der Waals surface area contributed by atoms with Crippen molar-refractivity contribution in [3.8, 4) is 11.5 Å². The maximum Gasteiger partial charge on any atom is 0.209 e. The summed E-state index contributed by atoms with van der Waals surface area (Å²) in [7, 11) is -3.40. The van der Waals surface area contributed by atoms with Crippen LogP contribution in [0, 0.1) is 17.3 Å². The highest BCUT2D eigenvalue weighted by Gasteiger charge is 2.57. The molecule has 230 valence electrons. The summed E-state index contributed by atoms with van der Waals surface area (Å²) in [5, 5.41) is 16.3. The van der Waals surface area contributed by atoms with E-state index in [0.717, 1.165) is 56.4 Å². The second-order valence-electron chi connectivity index (χ2n) is 13.2. The predicted octanol–water partition coefficient (Wildman–Crippen LogP) is 6.71. The zero-order valence-electron chi connectivity index (χ0n) is 25.2. The zero-order chi connectivity index (χ0) is 30.0. The molecule has 0 unspecified atom stereocenters. The number of aliphatic hydroxyl groups excluding tert-OH is 1. The van der Waals surface area contributed by atoms with Gasteiger partial charge in [0.1, 0.15) is 18.1 Å². The van der Waals surface area contributed by atoms with Gasteiger partial charge in [0.25, 0.3) is 0 Å². The van der Waals surface area contributed by atoms with Crippen LogP contribution < -0.4 is 14.6 Å². The lowest BCUT2D eigenvalue weighted by molar-refractivity contribution is -0.0323. The minimum Gasteiger partial charge on any atom is -0.494 e. The van der Waals surface area contributed by atoms with E-state index in [4.69, 9.17) is 14.6 Å². The van der Waals surface area contributed by atoms with E-state index in [1.165, 1.54) is 22.3 Å². The first-order valence-electron chi connectivity index (χ1n) is 15.9. The number of fused-ring (bicyclic) bond motifs is 5. The lowest BCUT2D eigenvalue weighted by Crippen LogP contribution is -2.47. The van der Waals surface area contributed by atoms with Crippen LogP contribution in [0.25, 0.3) is 0 Å². The number of primary sulfonamides is 1. The Hall–Kier alpha value is -2.87. The van der Waals surface area contributed by atoms with E-state index in [9.17, 15) is 13.5 Å². The Bertz CT molecular complexity index is 1490. The Morgan fingerprint density at radius 2 is 1.67 bits per heavy atom. The molecular formula is C36H45NO5S. The third kappa shape index (κ3) is 6.64. The fraction of sp³-hybridized carbons (Fsp3) is 0.500. The van der Waals surface area contributed by atoms with Crippen molar-refractivity contribution in [3.05, 3.63) is 95.1 Å². The monoisotopic (exact) mass is 603 g/mol. The summed E-state index contributed by atoms with van der Waals surface area (Å²) in [5.74, 6) is 3.62. The maximum absolute atomic E-state index is 11.2. The van der Waals surface area contributed by atoms with Crippen molar-refractivity contribution in [2.75, 3.05) is 12.4 Å². The van der Waals surface area contributed by atoms with Gasteiger partial charge in [-0.25, -0.2) is 13.6 Å². The second-order valence-corrected chi connectivity index (χ2v) is 15.0. The number of ether oxygens (including phenoxy) is 2. The highest BCUT2D eigenvalue weighted by Crippen LogP contribution is 2.65. The summed E-state index contributed by atoms with van der Waals surface area (Å²) in [6.45, 7) is 3.45. The minimum atomic E-state index is -3.40. The number of aliphatic hydroxyl groups is 1. The van der Waals surface area contributed by atoms with Crippen LogP contribution >= 0.6 is 0 Å². The molecule has 2 fully saturated rings. The number of benzene rings is 3. The first-order valence-corrected chi connectivity index (χ1v) is 17.6. The number of unbranched alkanes of at least 4 members (excludes halogenated alkanes) is 2. The van der Waals surface area contributed by atoms with Crippen molar-refractivity contribution >= 4 is 10.0 Å². The molecule has 0 saturated heterocycles. The van der Waals surface area contributed by atoms with Crippen molar-refractivity contribution in [3.63, 3.8) is 0 Å². The third-order valence-corrected chi connectivity index (χ3v) is 11.4. The van der Waals surface area contributed by atoms with E-state index < -0.39 is 10.0 Å². The van der Waals surface area contributed by atoms with Gasteiger partial charge >= 0.3 is 0 Å². The lowest BCUT2D eigenvalue weighted by Gasteiger charge is -2.54. The van der Waals surface area contributed by atoms with Crippen LogP contribution in [0.2, 0.25) is 0 Å². The normalized spacial score (nSPS) is 28.0. The van der Waals surface area contributed by atoms with Gasteiger partial charge in [-0.1, -0.05) is 55.5 Å². The smallest absolute Gasteiger partial charge is 0.209 e. The molecule has 0 spiro atoms. The topological polar surface area (TPSA) is 98.9 Å². The lowest BCUT2D eigenvalue weighted by atomic mass is 9.51. The van der Waals surface area contributed by atoms with Gasteiger partial charge in [-0.2, -0.15) is 0 Å². The van der Waals surface area contributed by atoms with E-state index in [1.807, 2.05) is 18.2 Å². The van der Waals surface area contributed by atoms with Crippen molar-refractivity contribution < 1.29 is 23.0 Å². The molecule has 2 saturated carbocycles. The Labute approximate surface area is 256 Å². The second kappa shape index (κ2) is 12.6. The summed E-state index contributed by atoms with van der Waals surface area (Å²) in [6.07, 6.45) is 7.06. The van der Waals surface area contributed by atoms with Crippen LogP contribution in [-0.4, -0.2) is 32.0 Å². The Morgan fingerprint density at radius 1 is 0.907 bits per heavy atom. The van der Waals surface area contributed by atoms with Gasteiger partial charge in [0.05, 0.1) is 18.5 Å². The quantitative estimate of drug-likeness (QED) is 0.237. The number of nitrogens with two attached hydrogens (primary N) is 1. The molecule has 3 aromatic carbocycles. The number of sulfonamides is 1. The molecule has 0 aliphatic heterocycles. The van der Waals surface area contributed by atoms with Crippen LogP contribution in [0.5, 0.6) is 11.5 Å². The molecule has 6 atom stereocenters. The van der Waals surface area contributed by atoms with Gasteiger partial charge < -0.3 is 14.6 Å². The molecule has 7 heteroatoms. The summed E-state index contributed by atoms with van der Waals surface area (Å²) in [6, 6.07) is 25.6. The highest BCUT2D eigenvalue weighted by molar-refractivity contribution is 7.89. The molecule has 6 nitrogen and oxygen atoms in total. The fourth-order valence-electron chi connectivity index (χ4n) is 8.40. The SMILES string of the molecule is C[C@]12C[C@H](c3ccc(OCCCCCS(N)(=O)=O)cc3)[C@@H]3c4ccc(OCc5ccccc5)cc4CC[C@H]3[C@@H]1CC[C@@H]2O. The summed E-state index contributed by atoms with van der Waals surface area (Å²) < 4.78 is 34.4. The van der Waals surface area contributed by atoms with E-state index in [2.05, 4.69) is 61.5 Å². The molecule has 3 aliphatic carbocycles. The van der Waals surface area contributed by atoms with Crippen molar-refractivity contribution in [2.45, 2.75) is 82.8 Å². The van der Waals surface area contributed by atoms with Gasteiger partial charge in [0, 0.05) is 0 Å². The van der Waals surface area contributed by atoms with Gasteiger partial charge in [-0.3, -0.25) is 0 Å². The Morgan fingerprint density at radius 3 is 2.44 bits per heavy atom. The van der Waals surface area contributed by atoms with Crippen LogP contribution in [0.4, 0.5) is 0 Å². The van der Waals surface area contributed by atoms with Crippen LogP contribution in [-0.2, 0) is 23.1 Å². The Kier molecular flexibility index (Phi) is 8.86. The molecule has 0 heterocycles. The molecule has 0 aromatic heterocycles. The highest BCUT2D eigenvalue weighted by atomic mass is 32.2. The van der Waals surface area contributed by atoms with Gasteiger partial charge in [0.2, 0.25) is 10.0 Å². The van der Waals surface area contributed by atoms with E-state index >= 15 is 0 Å². The van der Waals surface area contributed by atoms with E-state index in [1.54, 1.807) is 0 Å². The molecule has 0 amide bonds. The molecule has 3 N–H and O–H groups in total. The molecule has 0 bridgehead atoms. The van der Waals surface area contributed by atoms with Gasteiger partial charge in [0.15, 0.2) is 0 Å². The summed E-state index contributed by atoms with van der Waals surface area (Å²) in [5.41, 5.74) is 5.28. The molecular weight excluding hydrogens is 558 g/mol. The predicted molar refractivity (Wildman–Crippen MR) is 170 cm³/mol. The van der Waals surface area contributed by atoms with Crippen molar-refractivity contribution in [1.82, 2.24) is 0 Å². The average molecular weight is 604 g/mol. The zero-order valence-corrected chi connectivity index (χ0v) is 26.0. The van der Waals surface area contributed by atoms with Gasteiger partial charge in [-0.15, -0.1) is 0 Å². The van der Waals surface area contributed by atoms with Crippen LogP contribution in [0.3, 0.4) is 0 Å². The first-order chi connectivity index (χ1) is 20.7. The van der Waals surface area contributed by atoms with Crippen molar-refractivity contribution in [1.29, 1.82) is 0 Å². The van der Waals surface area contributed by atoms with E-state index in [0.29, 0.717) is 43.3 Å². The largest absolute Gasteiger partial charge is 0.494 e. The first kappa shape index (κ1) is 30.2. The average Bonchev–Trinajstić information content (AvgIpc) is 3.31. The maximum atomic E-state index is 11.2. The molecule has 43 heavy (non-hydrogen) atoms. The van der Waals surface area contributed by atoms with Gasteiger partial charge in [-0.05, 0) is 127 Å². The van der Waals surface area contributed by atoms with Crippen LogP contribution in [0.15, 0.2) is 72.8 Å². The third-order valence-electron chi connectivity index (χ3n) is 10.5. The van der Waals surface area contributed by atoms with Crippen LogP contribution in [0.1, 0.15) is 86.0 Å². The summed E-state index contributed by atoms with van der Waals surface area (Å²) >= 11 is 0. The summed E-state index contributed by atoms with van der Waals surface area (Å²) in [4.78, 5) is 0. The van der Waals surface area contributed by atoms with E-state index in [-0.39, 0.29) is 17.3 Å². The number of hydrogen-bond acceptors (Lipinski definition) is 5. The van der Waals surface area contributed by atoms with Crippen molar-refractivity contribution in [2.24, 2.45) is 22.4 Å². The minimum absolute atomic E-state index is 0.0187. The standard InChI is InChI=1S/C36H45NO5S/c1-36-23-32(26-10-13-28(14-11-26)41-20-6-3-7-21-43(37,39)40)35-30-17-15-29(42-24-25-8-4-2-5-9-25)22-27(30)12-16-31(35)33(36)18-19-34(36)38/h2,4-5,8-11,13-15,17,22,31-35,38H,3,6-7,12,16,18-21,23-24H2,1H3,(H2,37,39,40)/t31-,32+,33-,34-,35+,36-/m0/s1. The number of aryl methyl sites for hydroxylation is 1.